The second kappa shape index (κ2) is 6.92. The van der Waals surface area contributed by atoms with Crippen LogP contribution < -0.4 is 10.4 Å². The molecule has 2 N–H and O–H groups in total. The zero-order valence-corrected chi connectivity index (χ0v) is 14.1. The number of carbonyl (C=O) groups is 1. The maximum absolute atomic E-state index is 12.3. The van der Waals surface area contributed by atoms with Gasteiger partial charge in [-0.05, 0) is 30.5 Å². The molecule has 1 aromatic carbocycles. The molecule has 8 heteroatoms. The molecule has 2 fully saturated rings. The predicted molar refractivity (Wildman–Crippen MR) is 91.1 cm³/mol. The summed E-state index contributed by atoms with van der Waals surface area (Å²) in [5, 5.41) is 8.39. The highest BCUT2D eigenvalue weighted by Crippen LogP contribution is 2.32. The van der Waals surface area contributed by atoms with Gasteiger partial charge < -0.3 is 4.90 Å². The zero-order valence-electron chi connectivity index (χ0n) is 13.3. The molecular weight excluding hydrogens is 330 g/mol. The fraction of sp³-hybridized carbons (Fsp3) is 0.438. The van der Waals surface area contributed by atoms with Crippen molar-refractivity contribution in [2.45, 2.75) is 18.1 Å². The van der Waals surface area contributed by atoms with E-state index in [0.29, 0.717) is 26.2 Å². The number of benzene rings is 1. The molecule has 1 aliphatic carbocycles. The quantitative estimate of drug-likeness (QED) is 0.466. The number of hydrogen-bond donors (Lipinski definition) is 2. The number of anilines is 1. The van der Waals surface area contributed by atoms with E-state index in [1.165, 1.54) is 6.08 Å². The van der Waals surface area contributed by atoms with Crippen molar-refractivity contribution in [3.05, 3.63) is 35.9 Å². The van der Waals surface area contributed by atoms with Gasteiger partial charge >= 0.3 is 0 Å². The van der Waals surface area contributed by atoms with Crippen LogP contribution in [0, 0.1) is 0 Å². The average Bonchev–Trinajstić information content (AvgIpc) is 3.45. The number of para-hydroxylation sites is 1. The molecule has 24 heavy (non-hydrogen) atoms. The van der Waals surface area contributed by atoms with Crippen LogP contribution in [0.4, 0.5) is 5.69 Å². The van der Waals surface area contributed by atoms with E-state index >= 15 is 0 Å². The van der Waals surface area contributed by atoms with Crippen LogP contribution in [-0.4, -0.2) is 55.3 Å². The first-order chi connectivity index (χ1) is 11.5. The topological polar surface area (TPSA) is 90.0 Å². The lowest BCUT2D eigenvalue weighted by molar-refractivity contribution is -0.124. The first-order valence-corrected chi connectivity index (χ1v) is 9.48. The lowest BCUT2D eigenvalue weighted by Crippen LogP contribution is -2.49. The Balaban J connectivity index is 1.70. The molecular formula is C16H21N3O4S. The highest BCUT2D eigenvalue weighted by molar-refractivity contribution is 7.90. The SMILES string of the molecule is O=C(C=Cc1ccccc1N1CCN(S(=O)(=O)C2CC2)CC1)NO. The van der Waals surface area contributed by atoms with Crippen molar-refractivity contribution in [2.24, 2.45) is 0 Å². The molecule has 0 aromatic heterocycles. The van der Waals surface area contributed by atoms with Gasteiger partial charge in [0, 0.05) is 37.9 Å². The molecule has 0 bridgehead atoms. The van der Waals surface area contributed by atoms with Gasteiger partial charge in [-0.1, -0.05) is 18.2 Å². The van der Waals surface area contributed by atoms with E-state index in [4.69, 9.17) is 5.21 Å². The highest BCUT2D eigenvalue weighted by atomic mass is 32.2. The van der Waals surface area contributed by atoms with Crippen LogP contribution in [0.25, 0.3) is 6.08 Å². The number of nitrogens with one attached hydrogen (secondary N) is 1. The second-order valence-electron chi connectivity index (χ2n) is 6.00. The smallest absolute Gasteiger partial charge is 0.267 e. The van der Waals surface area contributed by atoms with Gasteiger partial charge in [-0.3, -0.25) is 10.0 Å². The number of piperazine rings is 1. The van der Waals surface area contributed by atoms with Crippen molar-refractivity contribution >= 4 is 27.7 Å². The maximum atomic E-state index is 12.3. The molecule has 0 unspecified atom stereocenters. The Morgan fingerprint density at radius 3 is 2.46 bits per heavy atom. The normalized spacial score (nSPS) is 19.6. The van der Waals surface area contributed by atoms with Crippen LogP contribution in [0.15, 0.2) is 30.3 Å². The summed E-state index contributed by atoms with van der Waals surface area (Å²) in [6, 6.07) is 7.60. The van der Waals surface area contributed by atoms with Crippen molar-refractivity contribution < 1.29 is 18.4 Å². The van der Waals surface area contributed by atoms with E-state index < -0.39 is 15.9 Å². The molecule has 1 aliphatic heterocycles. The fourth-order valence-electron chi connectivity index (χ4n) is 2.88. The van der Waals surface area contributed by atoms with E-state index in [2.05, 4.69) is 4.90 Å². The Bertz CT molecular complexity index is 735. The summed E-state index contributed by atoms with van der Waals surface area (Å²) in [7, 11) is -3.12. The summed E-state index contributed by atoms with van der Waals surface area (Å²) in [4.78, 5) is 13.3. The van der Waals surface area contributed by atoms with E-state index in [0.717, 1.165) is 24.1 Å². The minimum Gasteiger partial charge on any atom is -0.368 e. The summed E-state index contributed by atoms with van der Waals surface area (Å²) < 4.78 is 26.2. The summed E-state index contributed by atoms with van der Waals surface area (Å²) in [6.45, 7) is 2.19. The van der Waals surface area contributed by atoms with Crippen molar-refractivity contribution in [2.75, 3.05) is 31.1 Å². The van der Waals surface area contributed by atoms with Gasteiger partial charge in [-0.2, -0.15) is 4.31 Å². The predicted octanol–water partition coefficient (Wildman–Crippen LogP) is 0.819. The van der Waals surface area contributed by atoms with Crippen LogP contribution in [0.2, 0.25) is 0 Å². The summed E-state index contributed by atoms with van der Waals surface area (Å²) in [6.07, 6.45) is 4.45. The Morgan fingerprint density at radius 2 is 1.83 bits per heavy atom. The van der Waals surface area contributed by atoms with Crippen molar-refractivity contribution in [1.29, 1.82) is 0 Å². The van der Waals surface area contributed by atoms with E-state index in [1.807, 2.05) is 24.3 Å². The molecule has 1 heterocycles. The first-order valence-electron chi connectivity index (χ1n) is 7.97. The molecule has 0 radical (unpaired) electrons. The third kappa shape index (κ3) is 3.61. The summed E-state index contributed by atoms with van der Waals surface area (Å²) in [5.41, 5.74) is 3.35. The van der Waals surface area contributed by atoms with Crippen molar-refractivity contribution in [1.82, 2.24) is 9.79 Å². The second-order valence-corrected chi connectivity index (χ2v) is 8.21. The molecule has 7 nitrogen and oxygen atoms in total. The lowest BCUT2D eigenvalue weighted by Gasteiger charge is -2.36. The lowest BCUT2D eigenvalue weighted by atomic mass is 10.1. The number of amides is 1. The van der Waals surface area contributed by atoms with Crippen LogP contribution in [0.5, 0.6) is 0 Å². The Hall–Kier alpha value is -1.90. The number of hydroxylamine groups is 1. The molecule has 1 saturated heterocycles. The number of carbonyl (C=O) groups excluding carboxylic acids is 1. The average molecular weight is 351 g/mol. The molecule has 3 rings (SSSR count). The third-order valence-electron chi connectivity index (χ3n) is 4.35. The summed E-state index contributed by atoms with van der Waals surface area (Å²) in [5.74, 6) is -0.592. The minimum atomic E-state index is -3.12. The van der Waals surface area contributed by atoms with Gasteiger partial charge in [0.25, 0.3) is 5.91 Å². The van der Waals surface area contributed by atoms with Gasteiger partial charge in [0.1, 0.15) is 0 Å². The zero-order chi connectivity index (χ0) is 17.2. The van der Waals surface area contributed by atoms with Gasteiger partial charge in [-0.25, -0.2) is 13.9 Å². The van der Waals surface area contributed by atoms with Crippen molar-refractivity contribution in [3.8, 4) is 0 Å². The Morgan fingerprint density at radius 1 is 1.17 bits per heavy atom. The number of rotatable bonds is 5. The summed E-state index contributed by atoms with van der Waals surface area (Å²) >= 11 is 0. The minimum absolute atomic E-state index is 0.170. The highest BCUT2D eigenvalue weighted by Gasteiger charge is 2.41. The number of sulfonamides is 1. The van der Waals surface area contributed by atoms with Gasteiger partial charge in [0.05, 0.1) is 5.25 Å². The van der Waals surface area contributed by atoms with E-state index in [9.17, 15) is 13.2 Å². The molecule has 0 atom stereocenters. The fourth-order valence-corrected chi connectivity index (χ4v) is 4.71. The maximum Gasteiger partial charge on any atom is 0.267 e. The Labute approximate surface area is 141 Å². The van der Waals surface area contributed by atoms with E-state index in [1.54, 1.807) is 15.9 Å². The molecule has 130 valence electrons. The van der Waals surface area contributed by atoms with Gasteiger partial charge in [0.2, 0.25) is 10.0 Å². The monoisotopic (exact) mass is 351 g/mol. The standard InChI is InChI=1S/C16H21N3O4S/c20-16(17-21)8-5-13-3-1-2-4-15(13)18-9-11-19(12-10-18)24(22,23)14-6-7-14/h1-5,8,14,21H,6-7,9-12H2,(H,17,20). The van der Waals surface area contributed by atoms with Crippen molar-refractivity contribution in [3.63, 3.8) is 0 Å². The Kier molecular flexibility index (Phi) is 4.88. The third-order valence-corrected chi connectivity index (χ3v) is 6.74. The van der Waals surface area contributed by atoms with Crippen LogP contribution in [-0.2, 0) is 14.8 Å². The van der Waals surface area contributed by atoms with Crippen LogP contribution in [0.3, 0.4) is 0 Å². The number of nitrogens with zero attached hydrogens (tertiary/aromatic N) is 2. The number of hydrogen-bond acceptors (Lipinski definition) is 5. The molecule has 1 saturated carbocycles. The molecule has 1 amide bonds. The van der Waals surface area contributed by atoms with Gasteiger partial charge in [0.15, 0.2) is 0 Å². The van der Waals surface area contributed by atoms with Crippen LogP contribution in [0.1, 0.15) is 18.4 Å². The first kappa shape index (κ1) is 16.9. The van der Waals surface area contributed by atoms with Gasteiger partial charge in [-0.15, -0.1) is 0 Å². The van der Waals surface area contributed by atoms with Crippen LogP contribution >= 0.6 is 0 Å². The largest absolute Gasteiger partial charge is 0.368 e. The molecule has 0 spiro atoms. The molecule has 1 aromatic rings. The molecule has 2 aliphatic rings. The van der Waals surface area contributed by atoms with E-state index in [-0.39, 0.29) is 5.25 Å².